The van der Waals surface area contributed by atoms with Crippen LogP contribution < -0.4 is 5.49 Å². The summed E-state index contributed by atoms with van der Waals surface area (Å²) in [6, 6.07) is 0. The Balaban J connectivity index is 0.000000517. The summed E-state index contributed by atoms with van der Waals surface area (Å²) in [4.78, 5) is 30.3. The van der Waals surface area contributed by atoms with Crippen molar-refractivity contribution in [2.24, 2.45) is 0 Å². The van der Waals surface area contributed by atoms with Gasteiger partial charge in [-0.05, 0) is 19.6 Å². The van der Waals surface area contributed by atoms with Crippen molar-refractivity contribution in [3.05, 3.63) is 18.1 Å². The highest BCUT2D eigenvalue weighted by Gasteiger charge is 2.48. The summed E-state index contributed by atoms with van der Waals surface area (Å²) >= 11 is 0. The molecule has 19 nitrogen and oxygen atoms in total. The Kier molecular flexibility index (Phi) is 10.4. The van der Waals surface area contributed by atoms with Crippen LogP contribution in [0.2, 0.25) is 0 Å². The first-order valence-corrected chi connectivity index (χ1v) is 16.1. The summed E-state index contributed by atoms with van der Waals surface area (Å²) in [5, 5.41) is 50.0. The van der Waals surface area contributed by atoms with Gasteiger partial charge < -0.3 is 44.6 Å². The maximum Gasteiger partial charge on any atom is 0.481 e. The second-order valence-electron chi connectivity index (χ2n) is 9.65. The van der Waals surface area contributed by atoms with E-state index in [9.17, 15) is 39.3 Å². The van der Waals surface area contributed by atoms with Crippen molar-refractivity contribution in [2.45, 2.75) is 69.9 Å². The molecule has 0 aliphatic carbocycles. The number of hydrogen-bond acceptors (Lipinski definition) is 15. The Labute approximate surface area is 239 Å². The largest absolute Gasteiger partial charge is 0.481 e. The number of phosphoric ester groups is 2. The van der Waals surface area contributed by atoms with Crippen LogP contribution in [0.3, 0.4) is 0 Å². The number of aliphatic hydroxyl groups is 4. The molecule has 42 heavy (non-hydrogen) atoms. The summed E-state index contributed by atoms with van der Waals surface area (Å²) in [6.07, 6.45) is -9.71. The molecular formula is C21H36N6O13P2. The lowest BCUT2D eigenvalue weighted by Crippen LogP contribution is -2.36. The zero-order chi connectivity index (χ0) is 31.0. The Bertz CT molecular complexity index is 1380. The predicted octanol–water partition coefficient (Wildman–Crippen LogP) is -1.44. The Morgan fingerprint density at radius 2 is 1.29 bits per heavy atom. The van der Waals surface area contributed by atoms with Gasteiger partial charge in [0.05, 0.1) is 19.5 Å². The minimum atomic E-state index is -5.26. The third-order valence-electron chi connectivity index (χ3n) is 7.13. The molecule has 2 fully saturated rings. The van der Waals surface area contributed by atoms with E-state index in [1.165, 1.54) is 30.5 Å². The van der Waals surface area contributed by atoms with Gasteiger partial charge in [-0.15, -0.1) is 0 Å². The van der Waals surface area contributed by atoms with Crippen LogP contribution in [0.25, 0.3) is 11.2 Å². The SMILES string of the molecule is CCN(CC)CC.N=c1c2ncn3c2ncn1[C@@H]1O[C@H](COP(=O)(O)OP(=O)(O)OC[C@H]2O[C@@H]3[C@H](O)[C@@H]2O)[C@@H](O)[C@H]1O. The third kappa shape index (κ3) is 6.85. The van der Waals surface area contributed by atoms with Gasteiger partial charge >= 0.3 is 15.6 Å². The molecule has 2 saturated heterocycles. The van der Waals surface area contributed by atoms with Gasteiger partial charge in [-0.1, -0.05) is 20.8 Å². The summed E-state index contributed by atoms with van der Waals surface area (Å²) in [7, 11) is -10.5. The van der Waals surface area contributed by atoms with Gasteiger partial charge in [0.25, 0.3) is 0 Å². The van der Waals surface area contributed by atoms with Gasteiger partial charge in [0.15, 0.2) is 29.1 Å². The van der Waals surface area contributed by atoms with Gasteiger partial charge in [0.2, 0.25) is 0 Å². The minimum Gasteiger partial charge on any atom is -0.387 e. The molecule has 0 spiro atoms. The van der Waals surface area contributed by atoms with Crippen molar-refractivity contribution < 1.29 is 62.2 Å². The number of imidazole rings is 1. The van der Waals surface area contributed by atoms with Crippen LogP contribution in [0.5, 0.6) is 0 Å². The van der Waals surface area contributed by atoms with Crippen molar-refractivity contribution in [1.82, 2.24) is 24.0 Å². The monoisotopic (exact) mass is 642 g/mol. The van der Waals surface area contributed by atoms with E-state index in [2.05, 4.69) is 49.0 Å². The Morgan fingerprint density at radius 3 is 1.74 bits per heavy atom. The molecule has 10 atom stereocenters. The van der Waals surface area contributed by atoms with Gasteiger partial charge in [-0.3, -0.25) is 23.6 Å². The van der Waals surface area contributed by atoms with Crippen LogP contribution >= 0.6 is 15.6 Å². The molecule has 238 valence electrons. The van der Waals surface area contributed by atoms with Crippen LogP contribution in [0.15, 0.2) is 12.7 Å². The van der Waals surface area contributed by atoms with Crippen molar-refractivity contribution in [3.63, 3.8) is 0 Å². The minimum absolute atomic E-state index is 0.0169. The van der Waals surface area contributed by atoms with Gasteiger partial charge in [0, 0.05) is 0 Å². The second-order valence-corrected chi connectivity index (χ2v) is 12.7. The highest BCUT2D eigenvalue weighted by atomic mass is 31.3. The Hall–Kier alpha value is -1.67. The van der Waals surface area contributed by atoms with Crippen molar-refractivity contribution in [3.8, 4) is 0 Å². The second kappa shape index (κ2) is 13.1. The summed E-state index contributed by atoms with van der Waals surface area (Å²) < 4.78 is 51.1. The average Bonchev–Trinajstić information content (AvgIpc) is 3.57. The fourth-order valence-electron chi connectivity index (χ4n) is 4.70. The molecule has 6 rings (SSSR count). The van der Waals surface area contributed by atoms with Crippen molar-refractivity contribution >= 4 is 26.8 Å². The normalized spacial score (nSPS) is 38.9. The maximum absolute atomic E-state index is 12.2. The number of nitrogens with one attached hydrogen (secondary N) is 1. The number of fused-ring (bicyclic) bond motifs is 7. The number of phosphoric acid groups is 2. The lowest BCUT2D eigenvalue weighted by molar-refractivity contribution is -0.0565. The standard InChI is InChI=1S/C15H21N5O13P2.C6H15N/c16-12-7-13-18-4-19(12)14-10(23)8(21)5(31-14)1-29-34(25,26)33-35(27,28)30-2-6-9(22)11(24)15(32-6)20(13)3-17-7;1-4-7(5-2)6-3/h3-6,8-11,14-16,21-24H,1-2H2,(H,25,26)(H,27,28);4-6H2,1-3H3/t5-,6-,8-,9-,10-,11-,14-,15-;/m1./s1. The molecule has 2 aromatic rings. The maximum atomic E-state index is 12.2. The average molecular weight is 642 g/mol. The molecule has 7 N–H and O–H groups in total. The van der Waals surface area contributed by atoms with Crippen LogP contribution in [-0.2, 0) is 32.0 Å². The molecule has 0 radical (unpaired) electrons. The zero-order valence-electron chi connectivity index (χ0n) is 23.0. The molecule has 4 aliphatic rings. The smallest absolute Gasteiger partial charge is 0.387 e. The number of hydrogen-bond donors (Lipinski definition) is 7. The van der Waals surface area contributed by atoms with Crippen molar-refractivity contribution in [2.75, 3.05) is 32.8 Å². The third-order valence-corrected chi connectivity index (χ3v) is 9.73. The molecule has 0 aromatic carbocycles. The first-order valence-electron chi connectivity index (χ1n) is 13.1. The number of aliphatic hydroxyl groups excluding tert-OH is 4. The van der Waals surface area contributed by atoms with Crippen LogP contribution in [-0.4, -0.2) is 124 Å². The molecule has 6 heterocycles. The zero-order valence-corrected chi connectivity index (χ0v) is 24.8. The van der Waals surface area contributed by atoms with E-state index in [1.807, 2.05) is 0 Å². The highest BCUT2D eigenvalue weighted by Crippen LogP contribution is 2.60. The predicted molar refractivity (Wildman–Crippen MR) is 139 cm³/mol. The van der Waals surface area contributed by atoms with Gasteiger partial charge in [-0.25, -0.2) is 19.1 Å². The molecule has 21 heteroatoms. The lowest BCUT2D eigenvalue weighted by Gasteiger charge is -2.21. The van der Waals surface area contributed by atoms with E-state index in [0.29, 0.717) is 0 Å². The molecule has 2 unspecified atom stereocenters. The van der Waals surface area contributed by atoms with Crippen LogP contribution in [0.4, 0.5) is 0 Å². The molecule has 4 aliphatic heterocycles. The van der Waals surface area contributed by atoms with Crippen molar-refractivity contribution in [1.29, 1.82) is 5.41 Å². The number of ether oxygens (including phenoxy) is 2. The molecular weight excluding hydrogens is 606 g/mol. The first-order chi connectivity index (χ1) is 19.7. The number of aromatic nitrogens is 4. The summed E-state index contributed by atoms with van der Waals surface area (Å²) in [5.74, 6) is 0. The first kappa shape index (κ1) is 33.2. The lowest BCUT2D eigenvalue weighted by atomic mass is 10.1. The van der Waals surface area contributed by atoms with Crippen LogP contribution in [0, 0.1) is 5.41 Å². The van der Waals surface area contributed by atoms with E-state index >= 15 is 0 Å². The van der Waals surface area contributed by atoms with E-state index in [1.54, 1.807) is 0 Å². The number of nitrogens with zero attached hydrogens (tertiary/aromatic N) is 5. The Morgan fingerprint density at radius 1 is 0.833 bits per heavy atom. The molecule has 2 aromatic heterocycles. The number of rotatable bonds is 3. The van der Waals surface area contributed by atoms with Crippen LogP contribution in [0.1, 0.15) is 33.2 Å². The van der Waals surface area contributed by atoms with E-state index < -0.39 is 77.9 Å². The summed E-state index contributed by atoms with van der Waals surface area (Å²) in [5.41, 5.74) is -0.273. The topological polar surface area (TPSA) is 264 Å². The summed E-state index contributed by atoms with van der Waals surface area (Å²) in [6.45, 7) is 8.42. The quantitative estimate of drug-likeness (QED) is 0.189. The van der Waals surface area contributed by atoms with Gasteiger partial charge in [0.1, 0.15) is 43.0 Å². The molecule has 0 amide bonds. The fraction of sp³-hybridized carbons (Fsp3) is 0.762. The molecule has 0 saturated carbocycles. The fourth-order valence-corrected chi connectivity index (χ4v) is 6.79. The van der Waals surface area contributed by atoms with E-state index in [-0.39, 0.29) is 16.7 Å². The molecule has 8 bridgehead atoms. The van der Waals surface area contributed by atoms with E-state index in [4.69, 9.17) is 14.9 Å². The van der Waals surface area contributed by atoms with Gasteiger partial charge in [-0.2, -0.15) is 4.31 Å². The highest BCUT2D eigenvalue weighted by molar-refractivity contribution is 7.61. The van der Waals surface area contributed by atoms with E-state index in [0.717, 1.165) is 10.9 Å².